The standard InChI is InChI=1S/C21H13BrN2O6/c1-9-2-4-10(5-3-9)23-12-6-7-14(25)17-15(12)20(27)16-13(24(29)30)8-11(22)19(26)18(16)21(17)28/h2-8,23,25-26H,1H3. The molecule has 0 bridgehead atoms. The number of carbonyl (C=O) groups is 2. The average molecular weight is 469 g/mol. The number of fused-ring (bicyclic) bond motifs is 2. The monoisotopic (exact) mass is 468 g/mol. The zero-order chi connectivity index (χ0) is 21.7. The number of nitrogens with one attached hydrogen (secondary N) is 1. The fraction of sp³-hybridized carbons (Fsp3) is 0.0476. The number of benzene rings is 3. The molecule has 1 aliphatic rings. The lowest BCUT2D eigenvalue weighted by molar-refractivity contribution is -0.385. The zero-order valence-electron chi connectivity index (χ0n) is 15.4. The Morgan fingerprint density at radius 1 is 0.933 bits per heavy atom. The summed E-state index contributed by atoms with van der Waals surface area (Å²) in [4.78, 5) is 37.2. The first kappa shape index (κ1) is 19.6. The summed E-state index contributed by atoms with van der Waals surface area (Å²) in [6, 6.07) is 10.9. The second kappa shape index (κ2) is 6.96. The summed E-state index contributed by atoms with van der Waals surface area (Å²) < 4.78 is -0.106. The normalized spacial score (nSPS) is 12.3. The highest BCUT2D eigenvalue weighted by atomic mass is 79.9. The lowest BCUT2D eigenvalue weighted by Gasteiger charge is -2.22. The van der Waals surface area contributed by atoms with Crippen LogP contribution in [0.1, 0.15) is 37.4 Å². The van der Waals surface area contributed by atoms with Gasteiger partial charge in [-0.25, -0.2) is 0 Å². The quantitative estimate of drug-likeness (QED) is 0.227. The molecule has 0 heterocycles. The Morgan fingerprint density at radius 2 is 1.57 bits per heavy atom. The van der Waals surface area contributed by atoms with Crippen LogP contribution in [0.25, 0.3) is 0 Å². The minimum atomic E-state index is -0.883. The van der Waals surface area contributed by atoms with Crippen molar-refractivity contribution in [3.63, 3.8) is 0 Å². The van der Waals surface area contributed by atoms with E-state index in [1.807, 2.05) is 19.1 Å². The Labute approximate surface area is 178 Å². The molecule has 30 heavy (non-hydrogen) atoms. The third kappa shape index (κ3) is 2.91. The summed E-state index contributed by atoms with van der Waals surface area (Å²) in [6.07, 6.45) is 0. The molecule has 1 aliphatic carbocycles. The van der Waals surface area contributed by atoms with E-state index in [0.29, 0.717) is 5.69 Å². The fourth-order valence-electron chi connectivity index (χ4n) is 3.43. The topological polar surface area (TPSA) is 130 Å². The van der Waals surface area contributed by atoms with Crippen LogP contribution in [-0.4, -0.2) is 26.7 Å². The molecule has 0 amide bonds. The van der Waals surface area contributed by atoms with Crippen LogP contribution in [0, 0.1) is 17.0 Å². The van der Waals surface area contributed by atoms with Crippen molar-refractivity contribution < 1.29 is 24.7 Å². The van der Waals surface area contributed by atoms with E-state index in [-0.39, 0.29) is 21.3 Å². The highest BCUT2D eigenvalue weighted by molar-refractivity contribution is 9.10. The van der Waals surface area contributed by atoms with E-state index in [4.69, 9.17) is 0 Å². The van der Waals surface area contributed by atoms with E-state index in [1.165, 1.54) is 12.1 Å². The number of aromatic hydroxyl groups is 2. The molecular formula is C21H13BrN2O6. The summed E-state index contributed by atoms with van der Waals surface area (Å²) >= 11 is 2.97. The number of nitro benzene ring substituents is 1. The van der Waals surface area contributed by atoms with Gasteiger partial charge in [0.1, 0.15) is 17.1 Å². The van der Waals surface area contributed by atoms with Crippen LogP contribution < -0.4 is 5.32 Å². The van der Waals surface area contributed by atoms with Crippen LogP contribution in [0.15, 0.2) is 46.9 Å². The van der Waals surface area contributed by atoms with Crippen LogP contribution >= 0.6 is 15.9 Å². The number of anilines is 2. The molecule has 4 rings (SSSR count). The zero-order valence-corrected chi connectivity index (χ0v) is 17.0. The van der Waals surface area contributed by atoms with Crippen molar-refractivity contribution in [2.75, 3.05) is 5.32 Å². The van der Waals surface area contributed by atoms with Crippen molar-refractivity contribution in [1.29, 1.82) is 0 Å². The van der Waals surface area contributed by atoms with Crippen molar-refractivity contribution in [1.82, 2.24) is 0 Å². The SMILES string of the molecule is Cc1ccc(Nc2ccc(O)c3c2C(=O)c2c([N+](=O)[O-])cc(Br)c(O)c2C3=O)cc1. The van der Waals surface area contributed by atoms with Gasteiger partial charge in [-0.3, -0.25) is 19.7 Å². The first-order valence-corrected chi connectivity index (χ1v) is 9.49. The number of halogens is 1. The molecule has 0 saturated carbocycles. The molecule has 9 heteroatoms. The first-order chi connectivity index (χ1) is 14.2. The molecule has 0 radical (unpaired) electrons. The van der Waals surface area contributed by atoms with Crippen molar-refractivity contribution in [2.24, 2.45) is 0 Å². The maximum Gasteiger partial charge on any atom is 0.282 e. The smallest absolute Gasteiger partial charge is 0.282 e. The summed E-state index contributed by atoms with van der Waals surface area (Å²) in [5, 5.41) is 35.2. The molecule has 8 nitrogen and oxygen atoms in total. The van der Waals surface area contributed by atoms with E-state index >= 15 is 0 Å². The molecule has 0 aliphatic heterocycles. The molecule has 3 aromatic carbocycles. The summed E-state index contributed by atoms with van der Waals surface area (Å²) in [7, 11) is 0. The fourth-order valence-corrected chi connectivity index (χ4v) is 3.84. The molecule has 0 aromatic heterocycles. The van der Waals surface area contributed by atoms with Crippen LogP contribution in [0.2, 0.25) is 0 Å². The van der Waals surface area contributed by atoms with Crippen LogP contribution in [0.3, 0.4) is 0 Å². The molecule has 0 fully saturated rings. The van der Waals surface area contributed by atoms with Gasteiger partial charge in [0, 0.05) is 11.8 Å². The van der Waals surface area contributed by atoms with Gasteiger partial charge >= 0.3 is 0 Å². The van der Waals surface area contributed by atoms with Gasteiger partial charge in [0.2, 0.25) is 11.6 Å². The highest BCUT2D eigenvalue weighted by Crippen LogP contribution is 2.45. The Hall–Kier alpha value is -3.72. The van der Waals surface area contributed by atoms with Crippen molar-refractivity contribution >= 4 is 44.6 Å². The molecule has 3 aromatic rings. The number of phenols is 2. The highest BCUT2D eigenvalue weighted by Gasteiger charge is 2.41. The van der Waals surface area contributed by atoms with Crippen LogP contribution in [0.5, 0.6) is 11.5 Å². The van der Waals surface area contributed by atoms with Gasteiger partial charge in [0.05, 0.1) is 31.8 Å². The number of hydrogen-bond donors (Lipinski definition) is 3. The third-order valence-corrected chi connectivity index (χ3v) is 5.46. The lowest BCUT2D eigenvalue weighted by Crippen LogP contribution is -2.24. The Balaban J connectivity index is 1.98. The molecule has 0 atom stereocenters. The minimum absolute atomic E-state index is 0.106. The number of carbonyl (C=O) groups excluding carboxylic acids is 2. The predicted molar refractivity (Wildman–Crippen MR) is 112 cm³/mol. The number of aryl methyl sites for hydroxylation is 1. The van der Waals surface area contributed by atoms with Gasteiger partial charge in [0.25, 0.3) is 5.69 Å². The molecule has 150 valence electrons. The van der Waals surface area contributed by atoms with Gasteiger partial charge in [-0.05, 0) is 47.1 Å². The van der Waals surface area contributed by atoms with Gasteiger partial charge in [-0.1, -0.05) is 17.7 Å². The van der Waals surface area contributed by atoms with Crippen molar-refractivity contribution in [3.8, 4) is 11.5 Å². The largest absolute Gasteiger partial charge is 0.507 e. The maximum absolute atomic E-state index is 13.3. The summed E-state index contributed by atoms with van der Waals surface area (Å²) in [5.74, 6) is -2.80. The second-order valence-electron chi connectivity index (χ2n) is 6.76. The van der Waals surface area contributed by atoms with Crippen LogP contribution in [0.4, 0.5) is 17.1 Å². The molecule has 0 saturated heterocycles. The van der Waals surface area contributed by atoms with E-state index in [2.05, 4.69) is 21.2 Å². The molecule has 3 N–H and O–H groups in total. The number of rotatable bonds is 3. The van der Waals surface area contributed by atoms with Gasteiger partial charge in [0.15, 0.2) is 0 Å². The number of nitro groups is 1. The summed E-state index contributed by atoms with van der Waals surface area (Å²) in [5.41, 5.74) is -0.342. The second-order valence-corrected chi connectivity index (χ2v) is 7.62. The number of phenolic OH excluding ortho intramolecular Hbond substituents is 2. The van der Waals surface area contributed by atoms with E-state index < -0.39 is 44.8 Å². The van der Waals surface area contributed by atoms with Gasteiger partial charge in [-0.15, -0.1) is 0 Å². The number of nitrogens with zero attached hydrogens (tertiary/aromatic N) is 1. The van der Waals surface area contributed by atoms with E-state index in [0.717, 1.165) is 11.6 Å². The Morgan fingerprint density at radius 3 is 2.20 bits per heavy atom. The Bertz CT molecular complexity index is 1270. The molecular weight excluding hydrogens is 456 g/mol. The Kier molecular flexibility index (Phi) is 4.54. The lowest BCUT2D eigenvalue weighted by atomic mass is 9.81. The average Bonchev–Trinajstić information content (AvgIpc) is 2.70. The van der Waals surface area contributed by atoms with Crippen LogP contribution in [-0.2, 0) is 0 Å². The van der Waals surface area contributed by atoms with Gasteiger partial charge in [-0.2, -0.15) is 0 Å². The van der Waals surface area contributed by atoms with E-state index in [1.54, 1.807) is 12.1 Å². The van der Waals surface area contributed by atoms with E-state index in [9.17, 15) is 29.9 Å². The minimum Gasteiger partial charge on any atom is -0.507 e. The summed E-state index contributed by atoms with van der Waals surface area (Å²) in [6.45, 7) is 1.91. The van der Waals surface area contributed by atoms with Crippen molar-refractivity contribution in [3.05, 3.63) is 84.9 Å². The number of hydrogen-bond acceptors (Lipinski definition) is 7. The number of ketones is 2. The first-order valence-electron chi connectivity index (χ1n) is 8.69. The molecule has 0 unspecified atom stereocenters. The molecule has 0 spiro atoms. The maximum atomic E-state index is 13.3. The third-order valence-electron chi connectivity index (χ3n) is 4.85. The van der Waals surface area contributed by atoms with Crippen molar-refractivity contribution in [2.45, 2.75) is 6.92 Å². The van der Waals surface area contributed by atoms with Gasteiger partial charge < -0.3 is 15.5 Å². The predicted octanol–water partition coefficient (Wildman–Crippen LogP) is 4.60.